The van der Waals surface area contributed by atoms with Gasteiger partial charge < -0.3 is 10.6 Å². The van der Waals surface area contributed by atoms with Crippen LogP contribution in [0.3, 0.4) is 0 Å². The van der Waals surface area contributed by atoms with E-state index in [1.165, 1.54) is 10.7 Å². The van der Waals surface area contributed by atoms with E-state index in [-0.39, 0.29) is 16.8 Å². The Balaban J connectivity index is 1.95. The van der Waals surface area contributed by atoms with Crippen LogP contribution in [0, 0.1) is 0 Å². The Morgan fingerprint density at radius 2 is 1.65 bits per heavy atom. The van der Waals surface area contributed by atoms with E-state index >= 15 is 0 Å². The Kier molecular flexibility index (Phi) is 7.10. The molecule has 31 heavy (non-hydrogen) atoms. The minimum atomic E-state index is -0.911. The zero-order chi connectivity index (χ0) is 22.7. The summed E-state index contributed by atoms with van der Waals surface area (Å²) < 4.78 is 1.24. The summed E-state index contributed by atoms with van der Waals surface area (Å²) in [6.45, 7) is 3.67. The van der Waals surface area contributed by atoms with Gasteiger partial charge in [-0.05, 0) is 55.8 Å². The molecular weight excluding hydrogens is 463 g/mol. The molecule has 3 aromatic rings. The quantitative estimate of drug-likeness (QED) is 0.455. The molecule has 3 amide bonds. The molecule has 1 atom stereocenters. The monoisotopic (exact) mass is 480 g/mol. The fourth-order valence-electron chi connectivity index (χ4n) is 2.79. The molecular formula is C21H19Cl3N4O3. The predicted molar refractivity (Wildman–Crippen MR) is 124 cm³/mol. The van der Waals surface area contributed by atoms with E-state index in [0.29, 0.717) is 33.1 Å². The van der Waals surface area contributed by atoms with Gasteiger partial charge in [0.2, 0.25) is 0 Å². The van der Waals surface area contributed by atoms with E-state index in [0.717, 1.165) is 0 Å². The van der Waals surface area contributed by atoms with E-state index in [1.807, 2.05) is 6.92 Å². The fourth-order valence-corrected chi connectivity index (χ4v) is 3.43. The summed E-state index contributed by atoms with van der Waals surface area (Å²) in [6, 6.07) is 10.9. The molecule has 3 rings (SSSR count). The van der Waals surface area contributed by atoms with Crippen LogP contribution >= 0.6 is 34.8 Å². The van der Waals surface area contributed by atoms with Crippen LogP contribution in [0.1, 0.15) is 30.8 Å². The molecule has 0 spiro atoms. The van der Waals surface area contributed by atoms with Crippen molar-refractivity contribution in [1.29, 1.82) is 0 Å². The van der Waals surface area contributed by atoms with Gasteiger partial charge in [0.1, 0.15) is 5.69 Å². The summed E-state index contributed by atoms with van der Waals surface area (Å²) in [6.07, 6.45) is 0.666. The molecule has 0 unspecified atom stereocenters. The van der Waals surface area contributed by atoms with Crippen LogP contribution in [0.15, 0.2) is 42.5 Å². The SMILES string of the molecule is CC[C@@H](C)NC(=O)C(=O)Nn1c(C(=O)Nc2ccc(Cl)cc2Cl)cc2cc(Cl)ccc21. The van der Waals surface area contributed by atoms with Gasteiger partial charge in [-0.1, -0.05) is 41.7 Å². The maximum absolute atomic E-state index is 13.0. The summed E-state index contributed by atoms with van der Waals surface area (Å²) in [7, 11) is 0. The molecule has 0 aliphatic rings. The zero-order valence-corrected chi connectivity index (χ0v) is 18.9. The van der Waals surface area contributed by atoms with Gasteiger partial charge in [0, 0.05) is 21.5 Å². The van der Waals surface area contributed by atoms with E-state index in [1.54, 1.807) is 43.3 Å². The number of hydrogen-bond donors (Lipinski definition) is 3. The molecule has 0 saturated heterocycles. The van der Waals surface area contributed by atoms with Gasteiger partial charge in [0.15, 0.2) is 0 Å². The highest BCUT2D eigenvalue weighted by Crippen LogP contribution is 2.27. The number of nitrogens with zero attached hydrogens (tertiary/aromatic N) is 1. The average Bonchev–Trinajstić information content (AvgIpc) is 3.07. The van der Waals surface area contributed by atoms with Crippen LogP contribution in [0.5, 0.6) is 0 Å². The van der Waals surface area contributed by atoms with Crippen molar-refractivity contribution < 1.29 is 14.4 Å². The first-order valence-corrected chi connectivity index (χ1v) is 10.5. The first-order valence-electron chi connectivity index (χ1n) is 9.38. The smallest absolute Gasteiger partial charge is 0.328 e. The fraction of sp³-hybridized carbons (Fsp3) is 0.190. The number of carbonyl (C=O) groups is 3. The molecule has 1 heterocycles. The van der Waals surface area contributed by atoms with Crippen molar-refractivity contribution in [3.63, 3.8) is 0 Å². The Bertz CT molecular complexity index is 1180. The molecule has 2 aromatic carbocycles. The second kappa shape index (κ2) is 9.60. The molecule has 162 valence electrons. The van der Waals surface area contributed by atoms with Crippen LogP contribution in [0.2, 0.25) is 15.1 Å². The van der Waals surface area contributed by atoms with Gasteiger partial charge in [0.05, 0.1) is 16.2 Å². The topological polar surface area (TPSA) is 92.2 Å². The Labute approximate surface area is 193 Å². The zero-order valence-electron chi connectivity index (χ0n) is 16.6. The molecule has 10 heteroatoms. The number of aromatic nitrogens is 1. The third-order valence-corrected chi connectivity index (χ3v) is 5.37. The summed E-state index contributed by atoms with van der Waals surface area (Å²) >= 11 is 18.1. The van der Waals surface area contributed by atoms with E-state index in [2.05, 4.69) is 16.1 Å². The number of carbonyl (C=O) groups excluding carboxylic acids is 3. The number of fused-ring (bicyclic) bond motifs is 1. The van der Waals surface area contributed by atoms with Crippen molar-refractivity contribution in [1.82, 2.24) is 9.99 Å². The second-order valence-electron chi connectivity index (χ2n) is 6.87. The number of nitrogens with one attached hydrogen (secondary N) is 3. The minimum Gasteiger partial charge on any atom is -0.345 e. The molecule has 0 aliphatic heterocycles. The van der Waals surface area contributed by atoms with Crippen LogP contribution in [-0.2, 0) is 9.59 Å². The normalized spacial score (nSPS) is 11.8. The summed E-state index contributed by atoms with van der Waals surface area (Å²) in [5.74, 6) is -2.28. The Morgan fingerprint density at radius 3 is 2.32 bits per heavy atom. The molecule has 0 radical (unpaired) electrons. The summed E-state index contributed by atoms with van der Waals surface area (Å²) in [5.41, 5.74) is 3.38. The molecule has 7 nitrogen and oxygen atoms in total. The number of amides is 3. The van der Waals surface area contributed by atoms with Crippen LogP contribution < -0.4 is 16.1 Å². The lowest BCUT2D eigenvalue weighted by Crippen LogP contribution is -2.43. The van der Waals surface area contributed by atoms with Crippen LogP contribution in [0.4, 0.5) is 5.69 Å². The maximum atomic E-state index is 13.0. The van der Waals surface area contributed by atoms with Crippen molar-refractivity contribution in [3.8, 4) is 0 Å². The Morgan fingerprint density at radius 1 is 0.968 bits per heavy atom. The van der Waals surface area contributed by atoms with Gasteiger partial charge in [0.25, 0.3) is 5.91 Å². The highest BCUT2D eigenvalue weighted by Gasteiger charge is 2.22. The van der Waals surface area contributed by atoms with Gasteiger partial charge in [-0.2, -0.15) is 0 Å². The van der Waals surface area contributed by atoms with Gasteiger partial charge in [-0.15, -0.1) is 0 Å². The lowest BCUT2D eigenvalue weighted by Gasteiger charge is -2.15. The lowest BCUT2D eigenvalue weighted by atomic mass is 10.2. The minimum absolute atomic E-state index is 0.0768. The number of halogens is 3. The van der Waals surface area contributed by atoms with Crippen molar-refractivity contribution in [2.75, 3.05) is 10.7 Å². The predicted octanol–water partition coefficient (Wildman–Crippen LogP) is 4.84. The maximum Gasteiger partial charge on any atom is 0.328 e. The lowest BCUT2D eigenvalue weighted by molar-refractivity contribution is -0.137. The molecule has 0 fully saturated rings. The van der Waals surface area contributed by atoms with Crippen molar-refractivity contribution in [2.24, 2.45) is 0 Å². The van der Waals surface area contributed by atoms with Crippen LogP contribution in [0.25, 0.3) is 10.9 Å². The molecule has 0 aliphatic carbocycles. The van der Waals surface area contributed by atoms with Gasteiger partial charge in [-0.3, -0.25) is 19.8 Å². The van der Waals surface area contributed by atoms with E-state index in [4.69, 9.17) is 34.8 Å². The summed E-state index contributed by atoms with van der Waals surface area (Å²) in [4.78, 5) is 37.6. The summed E-state index contributed by atoms with van der Waals surface area (Å²) in [5, 5.41) is 6.99. The Hall–Kier alpha value is -2.74. The van der Waals surface area contributed by atoms with Gasteiger partial charge in [-0.25, -0.2) is 4.68 Å². The number of benzene rings is 2. The van der Waals surface area contributed by atoms with Crippen LogP contribution in [-0.4, -0.2) is 28.4 Å². The van der Waals surface area contributed by atoms with E-state index in [9.17, 15) is 14.4 Å². The largest absolute Gasteiger partial charge is 0.345 e. The third kappa shape index (κ3) is 5.31. The highest BCUT2D eigenvalue weighted by atomic mass is 35.5. The highest BCUT2D eigenvalue weighted by molar-refractivity contribution is 6.38. The average molecular weight is 482 g/mol. The first-order chi connectivity index (χ1) is 14.7. The van der Waals surface area contributed by atoms with Crippen molar-refractivity contribution in [2.45, 2.75) is 26.3 Å². The van der Waals surface area contributed by atoms with E-state index < -0.39 is 17.7 Å². The first kappa shape index (κ1) is 22.9. The second-order valence-corrected chi connectivity index (χ2v) is 8.15. The number of hydrogen-bond acceptors (Lipinski definition) is 3. The number of anilines is 1. The molecule has 1 aromatic heterocycles. The molecule has 3 N–H and O–H groups in total. The van der Waals surface area contributed by atoms with Crippen molar-refractivity contribution in [3.05, 3.63) is 63.2 Å². The number of rotatable bonds is 5. The molecule has 0 saturated carbocycles. The standard InChI is InChI=1S/C21H19Cl3N4O3/c1-3-11(2)25-20(30)21(31)27-28-17-7-5-13(22)8-12(17)9-18(28)19(29)26-16-6-4-14(23)10-15(16)24/h4-11H,3H2,1-2H3,(H,25,30)(H,26,29)(H,27,31)/t11-/m1/s1. The van der Waals surface area contributed by atoms with Gasteiger partial charge >= 0.3 is 11.8 Å². The van der Waals surface area contributed by atoms with Crippen molar-refractivity contribution >= 4 is 69.1 Å². The molecule has 0 bridgehead atoms. The third-order valence-electron chi connectivity index (χ3n) is 4.59.